The zero-order valence-corrected chi connectivity index (χ0v) is 18.7. The molecule has 1 N–H and O–H groups in total. The summed E-state index contributed by atoms with van der Waals surface area (Å²) in [5.74, 6) is 1.28. The second-order valence-corrected chi connectivity index (χ2v) is 9.68. The third kappa shape index (κ3) is 5.33. The summed E-state index contributed by atoms with van der Waals surface area (Å²) in [6.07, 6.45) is 2.88. The van der Waals surface area contributed by atoms with Gasteiger partial charge in [-0.05, 0) is 73.2 Å². The Morgan fingerprint density at radius 2 is 1.83 bits per heavy atom. The first-order valence-corrected chi connectivity index (χ1v) is 12.0. The molecule has 30 heavy (non-hydrogen) atoms. The molecule has 0 aliphatic carbocycles. The van der Waals surface area contributed by atoms with Crippen LogP contribution < -0.4 is 14.4 Å². The smallest absolute Gasteiger partial charge is 0.261 e. The lowest BCUT2D eigenvalue weighted by Crippen LogP contribution is -2.36. The molecule has 1 aliphatic heterocycles. The van der Waals surface area contributed by atoms with Crippen LogP contribution in [0.5, 0.6) is 5.75 Å². The maximum absolute atomic E-state index is 12.8. The number of nitrogens with one attached hydrogen (secondary N) is 1. The van der Waals surface area contributed by atoms with E-state index in [0.717, 1.165) is 24.1 Å². The van der Waals surface area contributed by atoms with Crippen LogP contribution in [0.15, 0.2) is 47.4 Å². The molecule has 0 saturated carbocycles. The number of carbonyl (C=O) groups is 1. The quantitative estimate of drug-likeness (QED) is 0.631. The van der Waals surface area contributed by atoms with Gasteiger partial charge in [0.2, 0.25) is 5.91 Å². The first-order valence-electron chi connectivity index (χ1n) is 10.5. The Bertz CT molecular complexity index is 985. The van der Waals surface area contributed by atoms with Crippen LogP contribution in [-0.4, -0.2) is 27.5 Å². The number of ether oxygens (including phenoxy) is 1. The number of amides is 1. The van der Waals surface area contributed by atoms with E-state index in [1.807, 2.05) is 24.0 Å². The molecule has 6 nitrogen and oxygen atoms in total. The lowest BCUT2D eigenvalue weighted by atomic mass is 9.99. The number of benzene rings is 2. The molecule has 0 atom stereocenters. The van der Waals surface area contributed by atoms with Crippen molar-refractivity contribution in [2.75, 3.05) is 22.8 Å². The van der Waals surface area contributed by atoms with Crippen molar-refractivity contribution >= 4 is 27.3 Å². The number of hydrogen-bond acceptors (Lipinski definition) is 4. The average Bonchev–Trinajstić information content (AvgIpc) is 2.71. The highest BCUT2D eigenvalue weighted by Gasteiger charge is 2.25. The molecular formula is C23H30N2O4S. The van der Waals surface area contributed by atoms with Gasteiger partial charge in [0.05, 0.1) is 11.5 Å². The van der Waals surface area contributed by atoms with E-state index in [-0.39, 0.29) is 10.8 Å². The molecule has 0 aromatic heterocycles. The zero-order chi connectivity index (χ0) is 21.7. The SMILES string of the molecule is CCCOc1ccc(S(=O)(=O)Nc2ccc3c(c2)CCC(=O)N3CCC(C)C)cc1. The van der Waals surface area contributed by atoms with Crippen molar-refractivity contribution in [2.45, 2.75) is 51.3 Å². The molecule has 0 unspecified atom stereocenters. The lowest BCUT2D eigenvalue weighted by molar-refractivity contribution is -0.118. The molecule has 1 aliphatic rings. The highest BCUT2D eigenvalue weighted by atomic mass is 32.2. The first kappa shape index (κ1) is 22.2. The molecule has 0 bridgehead atoms. The molecule has 1 heterocycles. The van der Waals surface area contributed by atoms with Gasteiger partial charge in [0.1, 0.15) is 5.75 Å². The van der Waals surface area contributed by atoms with Crippen LogP contribution in [0.1, 0.15) is 45.6 Å². The molecule has 3 rings (SSSR count). The Hall–Kier alpha value is -2.54. The van der Waals surface area contributed by atoms with Gasteiger partial charge in [0.25, 0.3) is 10.0 Å². The van der Waals surface area contributed by atoms with Gasteiger partial charge in [0, 0.05) is 24.3 Å². The Kier molecular flexibility index (Phi) is 7.02. The van der Waals surface area contributed by atoms with Crippen molar-refractivity contribution in [2.24, 2.45) is 5.92 Å². The standard InChI is InChI=1S/C23H30N2O4S/c1-4-15-29-20-7-9-21(10-8-20)30(27,28)24-19-6-11-22-18(16-19)5-12-23(26)25(22)14-13-17(2)3/h6-11,16-17,24H,4-5,12-15H2,1-3H3. The molecule has 0 saturated heterocycles. The molecular weight excluding hydrogens is 400 g/mol. The number of fused-ring (bicyclic) bond motifs is 1. The largest absolute Gasteiger partial charge is 0.494 e. The lowest BCUT2D eigenvalue weighted by Gasteiger charge is -2.30. The highest BCUT2D eigenvalue weighted by Crippen LogP contribution is 2.31. The number of anilines is 2. The van der Waals surface area contributed by atoms with E-state index in [1.165, 1.54) is 12.1 Å². The van der Waals surface area contributed by atoms with Gasteiger partial charge >= 0.3 is 0 Å². The normalized spacial score (nSPS) is 14.0. The van der Waals surface area contributed by atoms with Crippen molar-refractivity contribution in [1.29, 1.82) is 0 Å². The summed E-state index contributed by atoms with van der Waals surface area (Å²) in [6, 6.07) is 11.8. The van der Waals surface area contributed by atoms with Gasteiger partial charge in [-0.1, -0.05) is 20.8 Å². The Labute approximate surface area is 179 Å². The number of carbonyl (C=O) groups excluding carboxylic acids is 1. The third-order valence-electron chi connectivity index (χ3n) is 5.07. The Morgan fingerprint density at radius 3 is 2.50 bits per heavy atom. The molecule has 0 spiro atoms. The molecule has 2 aromatic rings. The number of hydrogen-bond donors (Lipinski definition) is 1. The van der Waals surface area contributed by atoms with E-state index < -0.39 is 10.0 Å². The van der Waals surface area contributed by atoms with Crippen molar-refractivity contribution in [3.8, 4) is 5.75 Å². The number of sulfonamides is 1. The predicted octanol–water partition coefficient (Wildman–Crippen LogP) is 4.60. The van der Waals surface area contributed by atoms with Gasteiger partial charge in [-0.3, -0.25) is 9.52 Å². The van der Waals surface area contributed by atoms with Crippen molar-refractivity contribution < 1.29 is 17.9 Å². The molecule has 0 fully saturated rings. The Balaban J connectivity index is 1.76. The maximum Gasteiger partial charge on any atom is 0.261 e. The van der Waals surface area contributed by atoms with E-state index in [2.05, 4.69) is 18.6 Å². The Morgan fingerprint density at radius 1 is 1.10 bits per heavy atom. The van der Waals surface area contributed by atoms with Gasteiger partial charge in [-0.2, -0.15) is 0 Å². The first-order chi connectivity index (χ1) is 14.3. The second kappa shape index (κ2) is 9.51. The minimum Gasteiger partial charge on any atom is -0.494 e. The van der Waals surface area contributed by atoms with Crippen LogP contribution in [0.3, 0.4) is 0 Å². The molecule has 2 aromatic carbocycles. The second-order valence-electron chi connectivity index (χ2n) is 8.00. The van der Waals surface area contributed by atoms with Crippen LogP contribution in [0.25, 0.3) is 0 Å². The van der Waals surface area contributed by atoms with Crippen LogP contribution in [0.4, 0.5) is 11.4 Å². The van der Waals surface area contributed by atoms with E-state index >= 15 is 0 Å². The molecule has 7 heteroatoms. The third-order valence-corrected chi connectivity index (χ3v) is 6.47. The fourth-order valence-corrected chi connectivity index (χ4v) is 4.45. The molecule has 0 radical (unpaired) electrons. The number of rotatable bonds is 9. The summed E-state index contributed by atoms with van der Waals surface area (Å²) < 4.78 is 33.7. The van der Waals surface area contributed by atoms with Crippen LogP contribution >= 0.6 is 0 Å². The van der Waals surface area contributed by atoms with Gasteiger partial charge in [0.15, 0.2) is 0 Å². The maximum atomic E-state index is 12.8. The van der Waals surface area contributed by atoms with Crippen LogP contribution in [-0.2, 0) is 21.2 Å². The van der Waals surface area contributed by atoms with Crippen LogP contribution in [0, 0.1) is 5.92 Å². The van der Waals surface area contributed by atoms with Crippen molar-refractivity contribution in [1.82, 2.24) is 0 Å². The summed E-state index contributed by atoms with van der Waals surface area (Å²) in [7, 11) is -3.71. The van der Waals surface area contributed by atoms with E-state index in [9.17, 15) is 13.2 Å². The average molecular weight is 431 g/mol. The summed E-state index contributed by atoms with van der Waals surface area (Å²) in [5.41, 5.74) is 2.37. The predicted molar refractivity (Wildman–Crippen MR) is 120 cm³/mol. The topological polar surface area (TPSA) is 75.7 Å². The number of nitrogens with zero attached hydrogens (tertiary/aromatic N) is 1. The van der Waals surface area contributed by atoms with Crippen molar-refractivity contribution in [3.63, 3.8) is 0 Å². The van der Waals surface area contributed by atoms with Crippen molar-refractivity contribution in [3.05, 3.63) is 48.0 Å². The summed E-state index contributed by atoms with van der Waals surface area (Å²) in [6.45, 7) is 7.56. The summed E-state index contributed by atoms with van der Waals surface area (Å²) in [5, 5.41) is 0. The minimum atomic E-state index is -3.71. The zero-order valence-electron chi connectivity index (χ0n) is 17.8. The van der Waals surface area contributed by atoms with E-state index in [0.29, 0.717) is 43.3 Å². The van der Waals surface area contributed by atoms with Gasteiger partial charge < -0.3 is 9.64 Å². The molecule has 1 amide bonds. The summed E-state index contributed by atoms with van der Waals surface area (Å²) >= 11 is 0. The fraction of sp³-hybridized carbons (Fsp3) is 0.435. The summed E-state index contributed by atoms with van der Waals surface area (Å²) in [4.78, 5) is 14.4. The highest BCUT2D eigenvalue weighted by molar-refractivity contribution is 7.92. The number of aryl methyl sites for hydroxylation is 1. The van der Waals surface area contributed by atoms with Gasteiger partial charge in [-0.25, -0.2) is 8.42 Å². The van der Waals surface area contributed by atoms with E-state index in [4.69, 9.17) is 4.74 Å². The minimum absolute atomic E-state index is 0.127. The molecule has 162 valence electrons. The van der Waals surface area contributed by atoms with Gasteiger partial charge in [-0.15, -0.1) is 0 Å². The monoisotopic (exact) mass is 430 g/mol. The fourth-order valence-electron chi connectivity index (χ4n) is 3.40. The van der Waals surface area contributed by atoms with E-state index in [1.54, 1.807) is 18.2 Å². The van der Waals surface area contributed by atoms with Crippen LogP contribution in [0.2, 0.25) is 0 Å².